The van der Waals surface area contributed by atoms with Gasteiger partial charge in [0.05, 0.1) is 0 Å². The molecule has 0 amide bonds. The van der Waals surface area contributed by atoms with E-state index in [1.807, 2.05) is 13.8 Å². The van der Waals surface area contributed by atoms with E-state index in [9.17, 15) is 0 Å². The molecule has 0 saturated carbocycles. The number of halogens is 2. The summed E-state index contributed by atoms with van der Waals surface area (Å²) in [7, 11) is 0. The summed E-state index contributed by atoms with van der Waals surface area (Å²) < 4.78 is 0. The molecule has 0 N–H and O–H groups in total. The standard InChI is InChI=1S/C7H14Cl2/c1-6(8)4-3-5-7(2)9/h6-7H,3-5H2,1-2H3/t6-,7+. The molecule has 56 valence electrons. The minimum absolute atomic E-state index is 0.306. The third-order valence-corrected chi connectivity index (χ3v) is 1.64. The Hall–Kier alpha value is 0.580. The molecule has 0 radical (unpaired) electrons. The molecule has 0 rings (SSSR count). The van der Waals surface area contributed by atoms with E-state index < -0.39 is 0 Å². The lowest BCUT2D eigenvalue weighted by molar-refractivity contribution is 0.665. The van der Waals surface area contributed by atoms with Crippen LogP contribution in [-0.4, -0.2) is 10.8 Å². The van der Waals surface area contributed by atoms with Gasteiger partial charge in [-0.05, 0) is 26.7 Å². The van der Waals surface area contributed by atoms with Crippen molar-refractivity contribution >= 4 is 23.2 Å². The number of rotatable bonds is 4. The highest BCUT2D eigenvalue weighted by molar-refractivity contribution is 6.20. The van der Waals surface area contributed by atoms with Crippen molar-refractivity contribution in [2.75, 3.05) is 0 Å². The molecule has 0 aliphatic rings. The van der Waals surface area contributed by atoms with Gasteiger partial charge in [0.2, 0.25) is 0 Å². The van der Waals surface area contributed by atoms with Crippen LogP contribution >= 0.6 is 23.2 Å². The molecule has 0 aliphatic heterocycles. The van der Waals surface area contributed by atoms with E-state index in [1.165, 1.54) is 0 Å². The van der Waals surface area contributed by atoms with Gasteiger partial charge in [-0.2, -0.15) is 0 Å². The first-order valence-electron chi connectivity index (χ1n) is 3.41. The molecule has 0 aliphatic carbocycles. The van der Waals surface area contributed by atoms with Crippen molar-refractivity contribution in [2.45, 2.75) is 43.9 Å². The summed E-state index contributed by atoms with van der Waals surface area (Å²) >= 11 is 11.4. The zero-order valence-electron chi connectivity index (χ0n) is 6.03. The number of hydrogen-bond donors (Lipinski definition) is 0. The van der Waals surface area contributed by atoms with Crippen LogP contribution in [0.25, 0.3) is 0 Å². The molecule has 0 spiro atoms. The van der Waals surface area contributed by atoms with Crippen molar-refractivity contribution < 1.29 is 0 Å². The molecule has 0 aromatic carbocycles. The predicted molar refractivity (Wildman–Crippen MR) is 44.5 cm³/mol. The van der Waals surface area contributed by atoms with Gasteiger partial charge in [-0.25, -0.2) is 0 Å². The zero-order valence-corrected chi connectivity index (χ0v) is 7.54. The van der Waals surface area contributed by atoms with Gasteiger partial charge in [0.25, 0.3) is 0 Å². The molecule has 0 fully saturated rings. The van der Waals surface area contributed by atoms with Crippen molar-refractivity contribution in [3.63, 3.8) is 0 Å². The first-order valence-corrected chi connectivity index (χ1v) is 4.28. The fourth-order valence-corrected chi connectivity index (χ4v) is 0.989. The molecular formula is C7H14Cl2. The second-order valence-electron chi connectivity index (χ2n) is 2.49. The van der Waals surface area contributed by atoms with Crippen molar-refractivity contribution in [2.24, 2.45) is 0 Å². The Morgan fingerprint density at radius 3 is 1.56 bits per heavy atom. The third kappa shape index (κ3) is 8.58. The quantitative estimate of drug-likeness (QED) is 0.565. The Balaban J connectivity index is 2.91. The minimum atomic E-state index is 0.306. The summed E-state index contributed by atoms with van der Waals surface area (Å²) in [4.78, 5) is 0. The molecule has 0 unspecified atom stereocenters. The summed E-state index contributed by atoms with van der Waals surface area (Å²) in [6.45, 7) is 4.03. The Bertz CT molecular complexity index is 51.9. The van der Waals surface area contributed by atoms with Gasteiger partial charge in [-0.1, -0.05) is 6.42 Å². The highest BCUT2D eigenvalue weighted by Crippen LogP contribution is 2.10. The van der Waals surface area contributed by atoms with Gasteiger partial charge in [0.15, 0.2) is 0 Å². The predicted octanol–water partition coefficient (Wildman–Crippen LogP) is 3.41. The molecule has 9 heavy (non-hydrogen) atoms. The van der Waals surface area contributed by atoms with Gasteiger partial charge in [0.1, 0.15) is 0 Å². The van der Waals surface area contributed by atoms with Gasteiger partial charge >= 0.3 is 0 Å². The topological polar surface area (TPSA) is 0 Å². The first kappa shape index (κ1) is 9.58. The largest absolute Gasteiger partial charge is 0.123 e. The van der Waals surface area contributed by atoms with E-state index in [0.29, 0.717) is 10.8 Å². The van der Waals surface area contributed by atoms with Crippen LogP contribution in [0.5, 0.6) is 0 Å². The van der Waals surface area contributed by atoms with Crippen LogP contribution in [0.4, 0.5) is 0 Å². The molecule has 0 aromatic rings. The lowest BCUT2D eigenvalue weighted by Gasteiger charge is -2.02. The van der Waals surface area contributed by atoms with Crippen LogP contribution < -0.4 is 0 Å². The molecule has 0 nitrogen and oxygen atoms in total. The molecule has 0 heterocycles. The van der Waals surface area contributed by atoms with E-state index in [2.05, 4.69) is 0 Å². The van der Waals surface area contributed by atoms with E-state index in [0.717, 1.165) is 19.3 Å². The van der Waals surface area contributed by atoms with Crippen molar-refractivity contribution in [1.82, 2.24) is 0 Å². The van der Waals surface area contributed by atoms with Gasteiger partial charge < -0.3 is 0 Å². The Morgan fingerprint density at radius 2 is 1.33 bits per heavy atom. The molecular weight excluding hydrogens is 155 g/mol. The van der Waals surface area contributed by atoms with Gasteiger partial charge in [0, 0.05) is 10.8 Å². The third-order valence-electron chi connectivity index (χ3n) is 1.20. The van der Waals surface area contributed by atoms with Crippen LogP contribution in [0.3, 0.4) is 0 Å². The van der Waals surface area contributed by atoms with Gasteiger partial charge in [-0.3, -0.25) is 0 Å². The highest BCUT2D eigenvalue weighted by Gasteiger charge is 1.98. The maximum atomic E-state index is 5.72. The maximum Gasteiger partial charge on any atom is 0.0307 e. The van der Waals surface area contributed by atoms with Crippen molar-refractivity contribution in [3.8, 4) is 0 Å². The average Bonchev–Trinajstić information content (AvgIpc) is 1.63. The summed E-state index contributed by atoms with van der Waals surface area (Å²) in [6, 6.07) is 0. The number of alkyl halides is 2. The van der Waals surface area contributed by atoms with E-state index >= 15 is 0 Å². The molecule has 0 aromatic heterocycles. The normalized spacial score (nSPS) is 17.3. The zero-order chi connectivity index (χ0) is 7.28. The fraction of sp³-hybridized carbons (Fsp3) is 1.00. The van der Waals surface area contributed by atoms with Crippen LogP contribution in [0, 0.1) is 0 Å². The molecule has 0 bridgehead atoms. The Labute approximate surface area is 67.5 Å². The first-order chi connectivity index (χ1) is 4.13. The summed E-state index contributed by atoms with van der Waals surface area (Å²) in [6.07, 6.45) is 3.31. The van der Waals surface area contributed by atoms with Crippen LogP contribution in [-0.2, 0) is 0 Å². The van der Waals surface area contributed by atoms with Crippen molar-refractivity contribution in [3.05, 3.63) is 0 Å². The summed E-state index contributed by atoms with van der Waals surface area (Å²) in [5.41, 5.74) is 0. The lowest BCUT2D eigenvalue weighted by Crippen LogP contribution is -1.94. The van der Waals surface area contributed by atoms with Crippen molar-refractivity contribution in [1.29, 1.82) is 0 Å². The fourth-order valence-electron chi connectivity index (χ4n) is 0.680. The summed E-state index contributed by atoms with van der Waals surface area (Å²) in [5, 5.41) is 0.612. The second kappa shape index (κ2) is 5.37. The SMILES string of the molecule is C[C@H](Cl)CCC[C@@H](C)Cl. The maximum absolute atomic E-state index is 5.72. The second-order valence-corrected chi connectivity index (χ2v) is 3.98. The monoisotopic (exact) mass is 168 g/mol. The summed E-state index contributed by atoms with van der Waals surface area (Å²) in [5.74, 6) is 0. The number of hydrogen-bond acceptors (Lipinski definition) is 0. The van der Waals surface area contributed by atoms with Crippen LogP contribution in [0.1, 0.15) is 33.1 Å². The molecule has 0 saturated heterocycles. The van der Waals surface area contributed by atoms with E-state index in [4.69, 9.17) is 23.2 Å². The Kier molecular flexibility index (Phi) is 5.72. The smallest absolute Gasteiger partial charge is 0.0307 e. The van der Waals surface area contributed by atoms with Crippen LogP contribution in [0.15, 0.2) is 0 Å². The van der Waals surface area contributed by atoms with E-state index in [-0.39, 0.29) is 0 Å². The van der Waals surface area contributed by atoms with E-state index in [1.54, 1.807) is 0 Å². The average molecular weight is 169 g/mol. The molecule has 2 atom stereocenters. The molecule has 2 heteroatoms. The minimum Gasteiger partial charge on any atom is -0.123 e. The lowest BCUT2D eigenvalue weighted by atomic mass is 10.2. The van der Waals surface area contributed by atoms with Crippen LogP contribution in [0.2, 0.25) is 0 Å². The Morgan fingerprint density at radius 1 is 1.00 bits per heavy atom. The van der Waals surface area contributed by atoms with Gasteiger partial charge in [-0.15, -0.1) is 23.2 Å². The highest BCUT2D eigenvalue weighted by atomic mass is 35.5.